The minimum Gasteiger partial charge on any atom is -0.381 e. The Morgan fingerprint density at radius 2 is 2.13 bits per heavy atom. The van der Waals surface area contributed by atoms with E-state index in [9.17, 15) is 18.0 Å². The number of aromatic nitrogens is 1. The average molecular weight is 546 g/mol. The van der Waals surface area contributed by atoms with Crippen LogP contribution >= 0.6 is 0 Å². The molecule has 6 atom stereocenters. The summed E-state index contributed by atoms with van der Waals surface area (Å²) >= 11 is 0. The molecule has 8 nitrogen and oxygen atoms in total. The Hall–Kier alpha value is -2.76. The summed E-state index contributed by atoms with van der Waals surface area (Å²) < 4.78 is 52.6. The van der Waals surface area contributed by atoms with Crippen LogP contribution < -0.4 is 10.6 Å². The maximum absolute atomic E-state index is 13.4. The molecular formula is C28H34F3N5O3. The quantitative estimate of drug-likeness (QED) is 0.572. The number of hydrogen-bond acceptors (Lipinski definition) is 7. The van der Waals surface area contributed by atoms with Crippen LogP contribution in [-0.4, -0.2) is 84.4 Å². The maximum Gasteiger partial charge on any atom is 0.414 e. The lowest BCUT2D eigenvalue weighted by atomic mass is 9.95. The molecule has 0 bridgehead atoms. The second kappa shape index (κ2) is 11.0. The number of allylic oxidation sites excluding steroid dienone is 2. The highest BCUT2D eigenvalue weighted by Gasteiger charge is 2.45. The topological polar surface area (TPSA) is 88.1 Å². The number of nitrogens with zero attached hydrogens (tertiary/aromatic N) is 3. The molecule has 2 N–H and O–H groups in total. The molecule has 11 heteroatoms. The second-order valence-electron chi connectivity index (χ2n) is 10.9. The van der Waals surface area contributed by atoms with Gasteiger partial charge in [0.1, 0.15) is 18.0 Å². The van der Waals surface area contributed by atoms with Crippen molar-refractivity contribution in [2.75, 3.05) is 26.3 Å². The summed E-state index contributed by atoms with van der Waals surface area (Å²) in [6.07, 6.45) is 5.70. The van der Waals surface area contributed by atoms with E-state index in [1.807, 2.05) is 6.07 Å². The van der Waals surface area contributed by atoms with E-state index in [1.54, 1.807) is 12.3 Å². The molecule has 2 saturated heterocycles. The van der Waals surface area contributed by atoms with Crippen LogP contribution in [0.4, 0.5) is 13.2 Å². The van der Waals surface area contributed by atoms with Crippen LogP contribution in [-0.2, 0) is 20.7 Å². The molecule has 1 aromatic heterocycles. The molecule has 5 unspecified atom stereocenters. The van der Waals surface area contributed by atoms with Crippen molar-refractivity contribution in [1.82, 2.24) is 20.5 Å². The third-order valence-electron chi connectivity index (χ3n) is 8.36. The molecular weight excluding hydrogens is 511 g/mol. The van der Waals surface area contributed by atoms with Crippen molar-refractivity contribution in [1.29, 1.82) is 0 Å². The van der Waals surface area contributed by atoms with Crippen molar-refractivity contribution < 1.29 is 27.4 Å². The Morgan fingerprint density at radius 1 is 1.23 bits per heavy atom. The van der Waals surface area contributed by atoms with Gasteiger partial charge in [-0.2, -0.15) is 13.2 Å². The maximum atomic E-state index is 13.4. The number of amidine groups is 1. The lowest BCUT2D eigenvalue weighted by molar-refractivity contribution is -0.122. The summed E-state index contributed by atoms with van der Waals surface area (Å²) in [4.78, 5) is 24.4. The van der Waals surface area contributed by atoms with Crippen molar-refractivity contribution in [3.8, 4) is 0 Å². The highest BCUT2D eigenvalue weighted by Crippen LogP contribution is 2.36. The average Bonchev–Trinajstić information content (AvgIpc) is 3.54. The monoisotopic (exact) mass is 545 g/mol. The number of aryl methyl sites for hydroxylation is 1. The molecule has 6 rings (SSSR count). The Labute approximate surface area is 225 Å². The van der Waals surface area contributed by atoms with E-state index >= 15 is 0 Å². The van der Waals surface area contributed by atoms with Gasteiger partial charge in [-0.05, 0) is 43.7 Å². The number of amides is 1. The first-order valence-electron chi connectivity index (χ1n) is 13.8. The van der Waals surface area contributed by atoms with Crippen molar-refractivity contribution >= 4 is 11.7 Å². The highest BCUT2D eigenvalue weighted by atomic mass is 19.4. The van der Waals surface area contributed by atoms with Gasteiger partial charge in [-0.1, -0.05) is 24.3 Å². The number of fused-ring (bicyclic) bond motifs is 2. The van der Waals surface area contributed by atoms with Crippen LogP contribution in [0, 0.1) is 0 Å². The number of nitrogens with one attached hydrogen (secondary N) is 2. The minimum absolute atomic E-state index is 0.111. The molecule has 0 saturated carbocycles. The Morgan fingerprint density at radius 3 is 3.00 bits per heavy atom. The Kier molecular flexibility index (Phi) is 7.47. The fourth-order valence-corrected chi connectivity index (χ4v) is 6.47. The molecule has 1 aromatic rings. The van der Waals surface area contributed by atoms with Crippen molar-refractivity contribution in [3.63, 3.8) is 0 Å². The third kappa shape index (κ3) is 5.76. The predicted molar refractivity (Wildman–Crippen MR) is 138 cm³/mol. The van der Waals surface area contributed by atoms with Crippen molar-refractivity contribution in [3.05, 3.63) is 53.4 Å². The molecule has 39 heavy (non-hydrogen) atoms. The highest BCUT2D eigenvalue weighted by molar-refractivity contribution is 6.01. The van der Waals surface area contributed by atoms with E-state index < -0.39 is 23.8 Å². The van der Waals surface area contributed by atoms with E-state index in [-0.39, 0.29) is 36.4 Å². The largest absolute Gasteiger partial charge is 0.414 e. The number of pyridine rings is 1. The van der Waals surface area contributed by atoms with E-state index in [1.165, 1.54) is 11.6 Å². The summed E-state index contributed by atoms with van der Waals surface area (Å²) in [5.74, 6) is -0.0117. The van der Waals surface area contributed by atoms with E-state index in [0.717, 1.165) is 57.1 Å². The molecule has 2 fully saturated rings. The zero-order valence-corrected chi connectivity index (χ0v) is 21.7. The molecule has 210 valence electrons. The van der Waals surface area contributed by atoms with Crippen LogP contribution in [0.15, 0.2) is 47.1 Å². The van der Waals surface area contributed by atoms with Crippen LogP contribution in [0.25, 0.3) is 0 Å². The zero-order valence-electron chi connectivity index (χ0n) is 21.7. The standard InChI is InChI=1S/C28H34F3N5O3/c29-28(30,31)19-6-1-7-20-27(19)35-24(33-20)14-25(37)34-21-15-36(18-5-3-12-38-13-10-18)16-23(21)39-22-9-8-17-4-2-11-32-26(17)22/h1-2,4,6-7,11,18,20-23,27H,3,5,8-10,12-16H2,(H,33,35)(H,34,37)/t18?,20?,21?,22?,23-,27?/m0/s1. The molecule has 4 heterocycles. The smallest absolute Gasteiger partial charge is 0.381 e. The van der Waals surface area contributed by atoms with Gasteiger partial charge in [0.2, 0.25) is 5.91 Å². The minimum atomic E-state index is -4.47. The summed E-state index contributed by atoms with van der Waals surface area (Å²) in [7, 11) is 0. The van der Waals surface area contributed by atoms with Crippen molar-refractivity contribution in [2.45, 2.75) is 81.1 Å². The Balaban J connectivity index is 1.13. The van der Waals surface area contributed by atoms with Gasteiger partial charge >= 0.3 is 6.18 Å². The van der Waals surface area contributed by atoms with Crippen LogP contribution in [0.5, 0.6) is 0 Å². The molecule has 5 aliphatic rings. The molecule has 2 aliphatic carbocycles. The van der Waals surface area contributed by atoms with Gasteiger partial charge in [-0.15, -0.1) is 0 Å². The molecule has 0 radical (unpaired) electrons. The van der Waals surface area contributed by atoms with E-state index in [0.29, 0.717) is 19.1 Å². The van der Waals surface area contributed by atoms with E-state index in [2.05, 4.69) is 31.6 Å². The third-order valence-corrected chi connectivity index (χ3v) is 8.36. The fourth-order valence-electron chi connectivity index (χ4n) is 6.47. The number of aliphatic imine (C=N–C) groups is 1. The number of hydrogen-bond donors (Lipinski definition) is 2. The molecule has 0 spiro atoms. The first-order valence-corrected chi connectivity index (χ1v) is 13.8. The van der Waals surface area contributed by atoms with E-state index in [4.69, 9.17) is 9.47 Å². The summed E-state index contributed by atoms with van der Waals surface area (Å²) in [5, 5.41) is 6.13. The number of rotatable bonds is 6. The summed E-state index contributed by atoms with van der Waals surface area (Å²) in [6, 6.07) is 2.47. The number of ether oxygens (including phenoxy) is 2. The van der Waals surface area contributed by atoms with Crippen LogP contribution in [0.3, 0.4) is 0 Å². The lowest BCUT2D eigenvalue weighted by Gasteiger charge is -2.26. The number of carbonyl (C=O) groups is 1. The molecule has 1 amide bonds. The van der Waals surface area contributed by atoms with Crippen LogP contribution in [0.1, 0.15) is 49.5 Å². The molecule has 0 aromatic carbocycles. The predicted octanol–water partition coefficient (Wildman–Crippen LogP) is 3.01. The number of halogens is 3. The van der Waals surface area contributed by atoms with Gasteiger partial charge in [0.25, 0.3) is 0 Å². The zero-order chi connectivity index (χ0) is 27.0. The van der Waals surface area contributed by atoms with Gasteiger partial charge in [-0.25, -0.2) is 0 Å². The van der Waals surface area contributed by atoms with Gasteiger partial charge in [0, 0.05) is 38.5 Å². The van der Waals surface area contributed by atoms with Crippen LogP contribution in [0.2, 0.25) is 0 Å². The van der Waals surface area contributed by atoms with Gasteiger partial charge < -0.3 is 20.1 Å². The number of likely N-dealkylation sites (tertiary alicyclic amines) is 1. The Bertz CT molecular complexity index is 1160. The fraction of sp³-hybridized carbons (Fsp3) is 0.607. The second-order valence-corrected chi connectivity index (χ2v) is 10.9. The number of carbonyl (C=O) groups excluding carboxylic acids is 1. The first kappa shape index (κ1) is 26.5. The number of alkyl halides is 3. The molecule has 3 aliphatic heterocycles. The van der Waals surface area contributed by atoms with Gasteiger partial charge in [-0.3, -0.25) is 19.7 Å². The SMILES string of the molecule is O=C(CC1=NC2C(C(F)(F)F)=CC=CC2N1)NC1CN(C2CCCOCC2)C[C@@H]1OC1CCc2cccnc21. The van der Waals surface area contributed by atoms with Gasteiger partial charge in [0.15, 0.2) is 0 Å². The normalized spacial score (nSPS) is 32.6. The first-order chi connectivity index (χ1) is 18.8. The summed E-state index contributed by atoms with van der Waals surface area (Å²) in [6.45, 7) is 2.84. The summed E-state index contributed by atoms with van der Waals surface area (Å²) in [5.41, 5.74) is 1.47. The van der Waals surface area contributed by atoms with Crippen molar-refractivity contribution in [2.24, 2.45) is 4.99 Å². The van der Waals surface area contributed by atoms with Gasteiger partial charge in [0.05, 0.1) is 35.9 Å². The lowest BCUT2D eigenvalue weighted by Crippen LogP contribution is -2.46.